The first-order valence-corrected chi connectivity index (χ1v) is 7.32. The molecule has 112 valence electrons. The number of nitrogens with zero attached hydrogens (tertiary/aromatic N) is 2. The SMILES string of the molecule is COC(=O)Nc1cc(C(C)(C)C)nn1-c1ccc(Br)cc1. The molecule has 1 N–H and O–H groups in total. The minimum absolute atomic E-state index is 0.118. The lowest BCUT2D eigenvalue weighted by atomic mass is 9.92. The molecule has 5 nitrogen and oxygen atoms in total. The van der Waals surface area contributed by atoms with Crippen LogP contribution in [0.5, 0.6) is 0 Å². The third kappa shape index (κ3) is 3.64. The normalized spacial score (nSPS) is 11.3. The Kier molecular flexibility index (Phi) is 4.37. The van der Waals surface area contributed by atoms with Gasteiger partial charge < -0.3 is 4.74 Å². The van der Waals surface area contributed by atoms with Crippen molar-refractivity contribution in [3.8, 4) is 5.69 Å². The van der Waals surface area contributed by atoms with E-state index in [-0.39, 0.29) is 5.41 Å². The summed E-state index contributed by atoms with van der Waals surface area (Å²) in [6.45, 7) is 6.22. The van der Waals surface area contributed by atoms with Gasteiger partial charge in [0.2, 0.25) is 0 Å². The fraction of sp³-hybridized carbons (Fsp3) is 0.333. The molecular weight excluding hydrogens is 334 g/mol. The number of halogens is 1. The lowest BCUT2D eigenvalue weighted by molar-refractivity contribution is 0.186. The van der Waals surface area contributed by atoms with Gasteiger partial charge >= 0.3 is 6.09 Å². The summed E-state index contributed by atoms with van der Waals surface area (Å²) in [6.07, 6.45) is -0.520. The molecule has 0 saturated carbocycles. The van der Waals surface area contributed by atoms with Crippen LogP contribution in [0.2, 0.25) is 0 Å². The third-order valence-electron chi connectivity index (χ3n) is 2.96. The predicted molar refractivity (Wildman–Crippen MR) is 86.0 cm³/mol. The lowest BCUT2D eigenvalue weighted by Gasteiger charge is -2.14. The number of anilines is 1. The molecule has 0 saturated heterocycles. The van der Waals surface area contributed by atoms with Crippen molar-refractivity contribution in [2.75, 3.05) is 12.4 Å². The molecule has 0 fully saturated rings. The van der Waals surface area contributed by atoms with Gasteiger partial charge in [-0.3, -0.25) is 5.32 Å². The molecule has 1 aromatic carbocycles. The maximum atomic E-state index is 11.5. The number of methoxy groups -OCH3 is 1. The molecule has 6 heteroatoms. The van der Waals surface area contributed by atoms with Crippen molar-refractivity contribution in [3.05, 3.63) is 40.5 Å². The lowest BCUT2D eigenvalue weighted by Crippen LogP contribution is -2.14. The predicted octanol–water partition coefficient (Wildman–Crippen LogP) is 4.11. The van der Waals surface area contributed by atoms with Crippen LogP contribution in [0.15, 0.2) is 34.8 Å². The van der Waals surface area contributed by atoms with Crippen LogP contribution in [0.1, 0.15) is 26.5 Å². The van der Waals surface area contributed by atoms with E-state index in [0.717, 1.165) is 15.9 Å². The highest BCUT2D eigenvalue weighted by molar-refractivity contribution is 9.10. The smallest absolute Gasteiger partial charge is 0.412 e. The summed E-state index contributed by atoms with van der Waals surface area (Å²) in [5, 5.41) is 7.29. The number of carbonyl (C=O) groups excluding carboxylic acids is 1. The zero-order valence-corrected chi connectivity index (χ0v) is 14.1. The molecular formula is C15H18BrN3O2. The van der Waals surface area contributed by atoms with Crippen LogP contribution in [-0.2, 0) is 10.2 Å². The summed E-state index contributed by atoms with van der Waals surface area (Å²) < 4.78 is 7.34. The summed E-state index contributed by atoms with van der Waals surface area (Å²) in [7, 11) is 1.33. The van der Waals surface area contributed by atoms with E-state index in [9.17, 15) is 4.79 Å². The van der Waals surface area contributed by atoms with E-state index in [1.54, 1.807) is 4.68 Å². The van der Waals surface area contributed by atoms with E-state index >= 15 is 0 Å². The maximum absolute atomic E-state index is 11.5. The molecule has 1 aromatic heterocycles. The molecule has 0 spiro atoms. The van der Waals surface area contributed by atoms with Crippen molar-refractivity contribution in [2.45, 2.75) is 26.2 Å². The number of benzene rings is 1. The molecule has 0 aliphatic rings. The Morgan fingerprint density at radius 2 is 1.90 bits per heavy atom. The fourth-order valence-electron chi connectivity index (χ4n) is 1.77. The van der Waals surface area contributed by atoms with Crippen molar-refractivity contribution >= 4 is 27.8 Å². The molecule has 1 heterocycles. The first-order chi connectivity index (χ1) is 9.81. The molecule has 0 unspecified atom stereocenters. The van der Waals surface area contributed by atoms with Crippen LogP contribution in [-0.4, -0.2) is 23.0 Å². The van der Waals surface area contributed by atoms with Crippen molar-refractivity contribution in [1.29, 1.82) is 0 Å². The molecule has 1 amide bonds. The summed E-state index contributed by atoms with van der Waals surface area (Å²) in [4.78, 5) is 11.5. The van der Waals surface area contributed by atoms with Gasteiger partial charge in [-0.05, 0) is 24.3 Å². The van der Waals surface area contributed by atoms with Gasteiger partial charge in [0.05, 0.1) is 18.5 Å². The largest absolute Gasteiger partial charge is 0.453 e. The molecule has 0 aliphatic heterocycles. The Bertz CT molecular complexity index is 642. The monoisotopic (exact) mass is 351 g/mol. The van der Waals surface area contributed by atoms with Crippen molar-refractivity contribution in [1.82, 2.24) is 9.78 Å². The van der Waals surface area contributed by atoms with E-state index in [4.69, 9.17) is 0 Å². The van der Waals surface area contributed by atoms with Crippen LogP contribution in [0.3, 0.4) is 0 Å². The number of nitrogens with one attached hydrogen (secondary N) is 1. The number of rotatable bonds is 2. The van der Waals surface area contributed by atoms with Gasteiger partial charge in [0.15, 0.2) is 0 Å². The van der Waals surface area contributed by atoms with Gasteiger partial charge in [0.25, 0.3) is 0 Å². The van der Waals surface area contributed by atoms with Crippen LogP contribution >= 0.6 is 15.9 Å². The van der Waals surface area contributed by atoms with E-state index in [1.165, 1.54) is 7.11 Å². The van der Waals surface area contributed by atoms with Crippen molar-refractivity contribution in [3.63, 3.8) is 0 Å². The molecule has 2 aromatic rings. The van der Waals surface area contributed by atoms with Gasteiger partial charge in [0, 0.05) is 16.0 Å². The molecule has 0 aliphatic carbocycles. The second kappa shape index (κ2) is 5.89. The second-order valence-electron chi connectivity index (χ2n) is 5.67. The van der Waals surface area contributed by atoms with Crippen LogP contribution in [0, 0.1) is 0 Å². The topological polar surface area (TPSA) is 56.1 Å². The molecule has 2 rings (SSSR count). The van der Waals surface area contributed by atoms with Gasteiger partial charge in [0.1, 0.15) is 5.82 Å². The van der Waals surface area contributed by atoms with E-state index in [1.807, 2.05) is 30.3 Å². The molecule has 21 heavy (non-hydrogen) atoms. The quantitative estimate of drug-likeness (QED) is 0.885. The summed E-state index contributed by atoms with van der Waals surface area (Å²) in [5.41, 5.74) is 1.63. The summed E-state index contributed by atoms with van der Waals surface area (Å²) in [5.74, 6) is 0.578. The summed E-state index contributed by atoms with van der Waals surface area (Å²) in [6, 6.07) is 9.56. The maximum Gasteiger partial charge on any atom is 0.412 e. The average molecular weight is 352 g/mol. The first-order valence-electron chi connectivity index (χ1n) is 6.53. The van der Waals surface area contributed by atoms with E-state index in [2.05, 4.69) is 51.9 Å². The Hall–Kier alpha value is -1.82. The van der Waals surface area contributed by atoms with Crippen molar-refractivity contribution < 1.29 is 9.53 Å². The Morgan fingerprint density at radius 3 is 2.43 bits per heavy atom. The highest BCUT2D eigenvalue weighted by Crippen LogP contribution is 2.26. The number of amides is 1. The standard InChI is InChI=1S/C15H18BrN3O2/c1-15(2,3)12-9-13(17-14(20)21-4)19(18-12)11-7-5-10(16)6-8-11/h5-9H,1-4H3,(H,17,20). The number of aromatic nitrogens is 2. The number of ether oxygens (including phenoxy) is 1. The van der Waals surface area contributed by atoms with Gasteiger partial charge in [-0.2, -0.15) is 5.10 Å². The zero-order chi connectivity index (χ0) is 15.6. The van der Waals surface area contributed by atoms with Crippen LogP contribution in [0.4, 0.5) is 10.6 Å². The van der Waals surface area contributed by atoms with E-state index < -0.39 is 6.09 Å². The minimum atomic E-state index is -0.520. The molecule has 0 bridgehead atoms. The van der Waals surface area contributed by atoms with Crippen LogP contribution in [0.25, 0.3) is 5.69 Å². The van der Waals surface area contributed by atoms with Crippen molar-refractivity contribution in [2.24, 2.45) is 0 Å². The Labute approximate surface area is 132 Å². The number of hydrogen-bond donors (Lipinski definition) is 1. The third-order valence-corrected chi connectivity index (χ3v) is 3.49. The number of carbonyl (C=O) groups is 1. The number of hydrogen-bond acceptors (Lipinski definition) is 3. The average Bonchev–Trinajstić information content (AvgIpc) is 2.83. The molecule has 0 atom stereocenters. The van der Waals surface area contributed by atoms with Gasteiger partial charge in [-0.25, -0.2) is 9.48 Å². The van der Waals surface area contributed by atoms with Gasteiger partial charge in [-0.15, -0.1) is 0 Å². The highest BCUT2D eigenvalue weighted by Gasteiger charge is 2.21. The second-order valence-corrected chi connectivity index (χ2v) is 6.59. The highest BCUT2D eigenvalue weighted by atomic mass is 79.9. The zero-order valence-electron chi connectivity index (χ0n) is 12.5. The van der Waals surface area contributed by atoms with E-state index in [0.29, 0.717) is 5.82 Å². The summed E-state index contributed by atoms with van der Waals surface area (Å²) >= 11 is 3.41. The minimum Gasteiger partial charge on any atom is -0.453 e. The van der Waals surface area contributed by atoms with Crippen LogP contribution < -0.4 is 5.32 Å². The Morgan fingerprint density at radius 1 is 1.29 bits per heavy atom. The fourth-order valence-corrected chi connectivity index (χ4v) is 2.04. The molecule has 0 radical (unpaired) electrons. The first kappa shape index (κ1) is 15.6. The van der Waals surface area contributed by atoms with Gasteiger partial charge in [-0.1, -0.05) is 36.7 Å². The Balaban J connectivity index is 2.49.